The van der Waals surface area contributed by atoms with Gasteiger partial charge in [0.05, 0.1) is 31.3 Å². The fraction of sp³-hybridized carbons (Fsp3) is 0.650. The number of aryl methyl sites for hydroxylation is 1. The van der Waals surface area contributed by atoms with E-state index in [0.29, 0.717) is 41.2 Å². The van der Waals surface area contributed by atoms with E-state index in [2.05, 4.69) is 10.6 Å². The minimum absolute atomic E-state index is 0.0207. The van der Waals surface area contributed by atoms with Crippen molar-refractivity contribution in [2.75, 3.05) is 20.3 Å². The van der Waals surface area contributed by atoms with Gasteiger partial charge in [0.15, 0.2) is 0 Å². The molecule has 53 heavy (non-hydrogen) atoms. The number of hydrogen-bond donors (Lipinski definition) is 3. The molecule has 1 aromatic carbocycles. The number of esters is 1. The van der Waals surface area contributed by atoms with E-state index in [1.807, 2.05) is 31.2 Å². The maximum Gasteiger partial charge on any atom is 0.405 e. The van der Waals surface area contributed by atoms with Crippen molar-refractivity contribution in [2.24, 2.45) is 11.8 Å². The van der Waals surface area contributed by atoms with Crippen LogP contribution in [-0.2, 0) is 25.5 Å². The molecule has 0 radical (unpaired) electrons. The molecule has 13 nitrogen and oxygen atoms in total. The first-order valence-corrected chi connectivity index (χ1v) is 19.6. The molecule has 3 N–H and O–H groups in total. The van der Waals surface area contributed by atoms with Crippen molar-refractivity contribution < 1.29 is 38.5 Å². The quantitative estimate of drug-likeness (QED) is 0.131. The fourth-order valence-corrected chi connectivity index (χ4v) is 7.88. The number of benzene rings is 1. The van der Waals surface area contributed by atoms with Crippen LogP contribution in [0, 0.1) is 11.8 Å². The van der Waals surface area contributed by atoms with Crippen molar-refractivity contribution in [1.29, 1.82) is 0 Å². The van der Waals surface area contributed by atoms with Crippen molar-refractivity contribution in [2.45, 2.75) is 134 Å². The molecule has 1 saturated heterocycles. The normalized spacial score (nSPS) is 25.2. The summed E-state index contributed by atoms with van der Waals surface area (Å²) in [6.07, 6.45) is 15.7. The van der Waals surface area contributed by atoms with Gasteiger partial charge in [0.25, 0.3) is 0 Å². The lowest BCUT2D eigenvalue weighted by molar-refractivity contribution is -0.149. The number of carbonyl (C=O) groups is 4. The summed E-state index contributed by atoms with van der Waals surface area (Å²) in [5.41, 5.74) is 2.01. The number of ether oxygens (including phenoxy) is 3. The predicted octanol–water partition coefficient (Wildman–Crippen LogP) is 6.12. The maximum atomic E-state index is 14.2. The summed E-state index contributed by atoms with van der Waals surface area (Å²) in [6, 6.07) is 2.46. The van der Waals surface area contributed by atoms with Crippen molar-refractivity contribution in [3.05, 3.63) is 36.0 Å². The van der Waals surface area contributed by atoms with Gasteiger partial charge < -0.3 is 34.9 Å². The van der Waals surface area contributed by atoms with Crippen LogP contribution in [0.4, 0.5) is 4.79 Å². The van der Waals surface area contributed by atoms with Gasteiger partial charge >= 0.3 is 12.1 Å². The highest BCUT2D eigenvalue weighted by atomic mass is 16.5. The molecule has 5 rings (SSSR count). The number of amides is 3. The number of rotatable bonds is 12. The molecule has 3 heterocycles. The third-order valence-electron chi connectivity index (χ3n) is 10.8. The average molecular weight is 736 g/mol. The highest BCUT2D eigenvalue weighted by Gasteiger charge is 2.44. The van der Waals surface area contributed by atoms with Crippen LogP contribution in [0.2, 0.25) is 0 Å². The second-order valence-electron chi connectivity index (χ2n) is 14.7. The molecule has 2 unspecified atom stereocenters. The largest absolute Gasteiger partial charge is 0.497 e. The van der Waals surface area contributed by atoms with E-state index in [1.165, 1.54) is 43.4 Å². The van der Waals surface area contributed by atoms with E-state index >= 15 is 0 Å². The highest BCUT2D eigenvalue weighted by molar-refractivity contribution is 5.93. The summed E-state index contributed by atoms with van der Waals surface area (Å²) in [6.45, 7) is 3.72. The van der Waals surface area contributed by atoms with Crippen molar-refractivity contribution >= 4 is 34.9 Å². The molecule has 13 heteroatoms. The Bertz CT molecular complexity index is 1590. The van der Waals surface area contributed by atoms with E-state index < -0.39 is 48.1 Å². The first-order valence-electron chi connectivity index (χ1n) is 19.6. The molecule has 3 amide bonds. The first-order chi connectivity index (χ1) is 25.7. The molecule has 2 aliphatic heterocycles. The fourth-order valence-electron chi connectivity index (χ4n) is 7.88. The average Bonchev–Trinajstić information content (AvgIpc) is 3.82. The zero-order chi connectivity index (χ0) is 37.7. The van der Waals surface area contributed by atoms with Crippen LogP contribution in [0.5, 0.6) is 11.6 Å². The molecule has 5 atom stereocenters. The Kier molecular flexibility index (Phi) is 14.7. The van der Waals surface area contributed by atoms with Gasteiger partial charge in [0.1, 0.15) is 35.7 Å². The second-order valence-corrected chi connectivity index (χ2v) is 14.7. The Morgan fingerprint density at radius 1 is 1.02 bits per heavy atom. The van der Waals surface area contributed by atoms with E-state index in [1.54, 1.807) is 20.1 Å². The number of unbranched alkanes of at least 4 members (excludes halogenated alkanes) is 2. The van der Waals surface area contributed by atoms with Gasteiger partial charge in [-0.25, -0.2) is 19.6 Å². The molecule has 0 spiro atoms. The Hall–Kier alpha value is -4.42. The SMILES string of the molecule is CCOC(=O)C1NC(=O)C2C[C@@H](Oc3nc4cc(OC)ccc4nc3CCCCCC3CCCC3)CN2C(=O)[C@@H](NC(=O)O)CCCCC/C=C\[C@@H]1C. The van der Waals surface area contributed by atoms with Crippen LogP contribution in [0.3, 0.4) is 0 Å². The lowest BCUT2D eigenvalue weighted by Crippen LogP contribution is -2.56. The third-order valence-corrected chi connectivity index (χ3v) is 10.8. The molecular formula is C40H57N5O8. The summed E-state index contributed by atoms with van der Waals surface area (Å²) in [5.74, 6) is -0.169. The van der Waals surface area contributed by atoms with E-state index in [9.17, 15) is 24.3 Å². The summed E-state index contributed by atoms with van der Waals surface area (Å²) >= 11 is 0. The van der Waals surface area contributed by atoms with Gasteiger partial charge in [-0.15, -0.1) is 0 Å². The van der Waals surface area contributed by atoms with E-state index in [-0.39, 0.29) is 31.9 Å². The standard InChI is InChI=1S/C40H57N5O8/c1-4-52-39(48)35-26(2)15-9-6-5-7-11-20-32(43-40(49)50)38(47)45-25-29(24-34(45)36(46)44-35)53-37-31(19-12-8-10-16-27-17-13-14-18-27)41-30-22-21-28(51-3)23-33(30)42-37/h9,15,21-23,26-27,29,32,34-35,43H,4-8,10-14,16-20,24-25H2,1-3H3,(H,44,46)(H,49,50)/b15-9-/t26-,29+,32-,34?,35?/m0/s1. The van der Waals surface area contributed by atoms with E-state index in [0.717, 1.165) is 38.0 Å². The highest BCUT2D eigenvalue weighted by Crippen LogP contribution is 2.31. The lowest BCUT2D eigenvalue weighted by Gasteiger charge is -2.29. The minimum atomic E-state index is -1.32. The first kappa shape index (κ1) is 39.8. The number of carbonyl (C=O) groups excluding carboxylic acids is 3. The Morgan fingerprint density at radius 2 is 1.81 bits per heavy atom. The Labute approximate surface area is 312 Å². The van der Waals surface area contributed by atoms with Gasteiger partial charge in [-0.3, -0.25) is 9.59 Å². The van der Waals surface area contributed by atoms with Gasteiger partial charge in [-0.05, 0) is 57.1 Å². The van der Waals surface area contributed by atoms with Crippen molar-refractivity contribution in [3.8, 4) is 11.6 Å². The number of allylic oxidation sites excluding steroid dienone is 1. The Morgan fingerprint density at radius 3 is 2.57 bits per heavy atom. The number of methoxy groups -OCH3 is 1. The zero-order valence-corrected chi connectivity index (χ0v) is 31.5. The molecule has 290 valence electrons. The Balaban J connectivity index is 1.41. The number of nitrogens with zero attached hydrogens (tertiary/aromatic N) is 3. The number of nitrogens with one attached hydrogen (secondary N) is 2. The van der Waals surface area contributed by atoms with Crippen molar-refractivity contribution in [1.82, 2.24) is 25.5 Å². The maximum absolute atomic E-state index is 14.2. The molecule has 3 aliphatic rings. The summed E-state index contributed by atoms with van der Waals surface area (Å²) < 4.78 is 17.4. The number of carboxylic acid groups (broad SMARTS) is 1. The second kappa shape index (κ2) is 19.6. The van der Waals surface area contributed by atoms with Crippen LogP contribution >= 0.6 is 0 Å². The van der Waals surface area contributed by atoms with Crippen LogP contribution in [0.1, 0.15) is 109 Å². The molecule has 2 aromatic rings. The van der Waals surface area contributed by atoms with Gasteiger partial charge in [-0.2, -0.15) is 0 Å². The molecular weight excluding hydrogens is 678 g/mol. The van der Waals surface area contributed by atoms with Gasteiger partial charge in [0, 0.05) is 18.4 Å². The van der Waals surface area contributed by atoms with Crippen LogP contribution < -0.4 is 20.1 Å². The zero-order valence-electron chi connectivity index (χ0n) is 31.5. The summed E-state index contributed by atoms with van der Waals surface area (Å²) in [5, 5.41) is 14.9. The molecule has 1 saturated carbocycles. The molecule has 1 aliphatic carbocycles. The minimum Gasteiger partial charge on any atom is -0.497 e. The van der Waals surface area contributed by atoms with Crippen molar-refractivity contribution in [3.63, 3.8) is 0 Å². The smallest absolute Gasteiger partial charge is 0.405 e. The number of fused-ring (bicyclic) bond motifs is 2. The molecule has 2 fully saturated rings. The van der Waals surface area contributed by atoms with Gasteiger partial charge in [-0.1, -0.05) is 76.9 Å². The third kappa shape index (κ3) is 11.1. The monoisotopic (exact) mass is 735 g/mol. The topological polar surface area (TPSA) is 169 Å². The summed E-state index contributed by atoms with van der Waals surface area (Å²) in [4.78, 5) is 64.4. The predicted molar refractivity (Wildman–Crippen MR) is 200 cm³/mol. The summed E-state index contributed by atoms with van der Waals surface area (Å²) in [7, 11) is 1.59. The van der Waals surface area contributed by atoms with Gasteiger partial charge in [0.2, 0.25) is 17.7 Å². The molecule has 0 bridgehead atoms. The number of hydrogen-bond acceptors (Lipinski definition) is 9. The molecule has 1 aromatic heterocycles. The lowest BCUT2D eigenvalue weighted by atomic mass is 9.99. The van der Waals surface area contributed by atoms with Crippen LogP contribution in [0.15, 0.2) is 30.4 Å². The van der Waals surface area contributed by atoms with Crippen LogP contribution in [-0.4, -0.2) is 88.3 Å². The van der Waals surface area contributed by atoms with Crippen LogP contribution in [0.25, 0.3) is 11.0 Å². The number of aromatic nitrogens is 2. The van der Waals surface area contributed by atoms with E-state index in [4.69, 9.17) is 24.2 Å².